The molecule has 2 N–H and O–H groups in total. The molecular formula is C17H34N2O. The second kappa shape index (κ2) is 6.76. The number of piperidine rings is 1. The largest absolute Gasteiger partial charge is 0.378 e. The third-order valence-electron chi connectivity index (χ3n) is 6.13. The van der Waals surface area contributed by atoms with Gasteiger partial charge < -0.3 is 15.4 Å². The van der Waals surface area contributed by atoms with E-state index in [1.807, 2.05) is 0 Å². The summed E-state index contributed by atoms with van der Waals surface area (Å²) < 4.78 is 5.75. The van der Waals surface area contributed by atoms with E-state index < -0.39 is 0 Å². The van der Waals surface area contributed by atoms with E-state index in [4.69, 9.17) is 10.5 Å². The lowest BCUT2D eigenvalue weighted by Crippen LogP contribution is -2.51. The zero-order valence-corrected chi connectivity index (χ0v) is 13.9. The highest BCUT2D eigenvalue weighted by atomic mass is 16.5. The average Bonchev–Trinajstić information content (AvgIpc) is 2.42. The molecule has 3 unspecified atom stereocenters. The van der Waals surface area contributed by atoms with Crippen molar-refractivity contribution in [3.63, 3.8) is 0 Å². The van der Waals surface area contributed by atoms with Gasteiger partial charge in [-0.3, -0.25) is 0 Å². The summed E-state index contributed by atoms with van der Waals surface area (Å²) in [5, 5.41) is 0. The van der Waals surface area contributed by atoms with Crippen molar-refractivity contribution in [1.82, 2.24) is 4.90 Å². The van der Waals surface area contributed by atoms with E-state index in [-0.39, 0.29) is 0 Å². The van der Waals surface area contributed by atoms with Gasteiger partial charge in [0.25, 0.3) is 0 Å². The van der Waals surface area contributed by atoms with E-state index in [9.17, 15) is 0 Å². The van der Waals surface area contributed by atoms with Crippen molar-refractivity contribution >= 4 is 0 Å². The monoisotopic (exact) mass is 282 g/mol. The molecule has 0 radical (unpaired) electrons. The quantitative estimate of drug-likeness (QED) is 0.861. The maximum atomic E-state index is 6.27. The van der Waals surface area contributed by atoms with Gasteiger partial charge in [0.15, 0.2) is 0 Å². The number of ether oxygens (including phenoxy) is 1. The van der Waals surface area contributed by atoms with Crippen LogP contribution in [0.3, 0.4) is 0 Å². The normalized spacial score (nSPS) is 36.1. The molecule has 118 valence electrons. The summed E-state index contributed by atoms with van der Waals surface area (Å²) in [5.41, 5.74) is 6.64. The van der Waals surface area contributed by atoms with Crippen LogP contribution in [0.5, 0.6) is 0 Å². The molecule has 1 saturated carbocycles. The van der Waals surface area contributed by atoms with Crippen LogP contribution >= 0.6 is 0 Å². The Balaban J connectivity index is 1.85. The first kappa shape index (κ1) is 16.3. The molecule has 2 fully saturated rings. The molecule has 0 aromatic rings. The van der Waals surface area contributed by atoms with Crippen molar-refractivity contribution in [2.24, 2.45) is 23.0 Å². The fourth-order valence-electron chi connectivity index (χ4n) is 4.07. The molecule has 0 amide bonds. The molecule has 3 nitrogen and oxygen atoms in total. The fraction of sp³-hybridized carbons (Fsp3) is 1.00. The number of hydrogen-bond acceptors (Lipinski definition) is 3. The zero-order chi connectivity index (χ0) is 14.8. The minimum absolute atomic E-state index is 0.369. The van der Waals surface area contributed by atoms with Gasteiger partial charge in [0, 0.05) is 32.3 Å². The lowest BCUT2D eigenvalue weighted by molar-refractivity contribution is -0.0110. The van der Waals surface area contributed by atoms with E-state index in [0.29, 0.717) is 23.5 Å². The lowest BCUT2D eigenvalue weighted by atomic mass is 9.61. The molecule has 1 saturated heterocycles. The molecule has 1 heterocycles. The Labute approximate surface area is 125 Å². The van der Waals surface area contributed by atoms with E-state index in [1.54, 1.807) is 0 Å². The van der Waals surface area contributed by atoms with Gasteiger partial charge in [-0.05, 0) is 49.9 Å². The van der Waals surface area contributed by atoms with Crippen LogP contribution in [-0.2, 0) is 4.74 Å². The van der Waals surface area contributed by atoms with Gasteiger partial charge in [-0.1, -0.05) is 20.8 Å². The van der Waals surface area contributed by atoms with Crippen molar-refractivity contribution < 1.29 is 4.74 Å². The number of nitrogens with zero attached hydrogens (tertiary/aromatic N) is 1. The Morgan fingerprint density at radius 1 is 1.15 bits per heavy atom. The van der Waals surface area contributed by atoms with Crippen LogP contribution in [0.15, 0.2) is 0 Å². The smallest absolute Gasteiger partial charge is 0.0599 e. The van der Waals surface area contributed by atoms with Gasteiger partial charge in [-0.15, -0.1) is 0 Å². The second-order valence-electron chi connectivity index (χ2n) is 7.50. The first-order valence-corrected chi connectivity index (χ1v) is 8.54. The molecule has 2 aliphatic rings. The Kier molecular flexibility index (Phi) is 5.49. The third kappa shape index (κ3) is 3.55. The summed E-state index contributed by atoms with van der Waals surface area (Å²) in [5.74, 6) is 1.42. The highest BCUT2D eigenvalue weighted by Crippen LogP contribution is 2.44. The van der Waals surface area contributed by atoms with Crippen LogP contribution in [0.2, 0.25) is 0 Å². The van der Waals surface area contributed by atoms with Gasteiger partial charge in [0.2, 0.25) is 0 Å². The van der Waals surface area contributed by atoms with Gasteiger partial charge in [0.05, 0.1) is 6.10 Å². The van der Waals surface area contributed by atoms with Crippen molar-refractivity contribution in [2.75, 3.05) is 26.2 Å². The van der Waals surface area contributed by atoms with Crippen LogP contribution in [0.25, 0.3) is 0 Å². The first-order valence-electron chi connectivity index (χ1n) is 8.54. The number of nitrogens with two attached hydrogens (primary N) is 1. The van der Waals surface area contributed by atoms with Gasteiger partial charge in [0.1, 0.15) is 0 Å². The summed E-state index contributed by atoms with van der Waals surface area (Å²) in [6, 6.07) is 0.393. The molecule has 0 spiro atoms. The number of likely N-dealkylation sites (tertiary alicyclic amines) is 1. The van der Waals surface area contributed by atoms with E-state index in [2.05, 4.69) is 32.6 Å². The van der Waals surface area contributed by atoms with Gasteiger partial charge >= 0.3 is 0 Å². The summed E-state index contributed by atoms with van der Waals surface area (Å²) in [4.78, 5) is 2.66. The molecule has 1 aliphatic heterocycles. The predicted molar refractivity (Wildman–Crippen MR) is 84.7 cm³/mol. The molecule has 2 rings (SSSR count). The van der Waals surface area contributed by atoms with E-state index >= 15 is 0 Å². The van der Waals surface area contributed by atoms with E-state index in [1.165, 1.54) is 45.3 Å². The molecule has 0 bridgehead atoms. The molecule has 20 heavy (non-hydrogen) atoms. The Morgan fingerprint density at radius 2 is 1.80 bits per heavy atom. The molecule has 3 heteroatoms. The average molecular weight is 282 g/mol. The number of hydrogen-bond donors (Lipinski definition) is 1. The summed E-state index contributed by atoms with van der Waals surface area (Å²) in [6.07, 6.45) is 5.41. The highest BCUT2D eigenvalue weighted by Gasteiger charge is 2.42. The molecule has 0 aromatic carbocycles. The standard InChI is InChI=1S/C17H34N2O/c1-5-20-15-8-10-19(11-9-15)12-14-6-7-16(18)13(2)17(14,3)4/h13-16H,5-12,18H2,1-4H3. The Morgan fingerprint density at radius 3 is 2.40 bits per heavy atom. The van der Waals surface area contributed by atoms with Crippen molar-refractivity contribution in [3.05, 3.63) is 0 Å². The maximum Gasteiger partial charge on any atom is 0.0599 e. The first-order chi connectivity index (χ1) is 9.45. The summed E-state index contributed by atoms with van der Waals surface area (Å²) in [6.45, 7) is 13.8. The van der Waals surface area contributed by atoms with Crippen LogP contribution in [0.1, 0.15) is 53.4 Å². The maximum absolute atomic E-state index is 6.27. The third-order valence-corrected chi connectivity index (χ3v) is 6.13. The predicted octanol–water partition coefficient (Wildman–Crippen LogP) is 2.89. The Bertz CT molecular complexity index is 297. The van der Waals surface area contributed by atoms with Crippen LogP contribution in [0, 0.1) is 17.3 Å². The lowest BCUT2D eigenvalue weighted by Gasteiger charge is -2.49. The van der Waals surface area contributed by atoms with Crippen molar-refractivity contribution in [1.29, 1.82) is 0 Å². The molecule has 3 atom stereocenters. The van der Waals surface area contributed by atoms with Crippen molar-refractivity contribution in [3.8, 4) is 0 Å². The molecule has 0 aromatic heterocycles. The van der Waals surface area contributed by atoms with Crippen LogP contribution in [0.4, 0.5) is 0 Å². The zero-order valence-electron chi connectivity index (χ0n) is 13.9. The van der Waals surface area contributed by atoms with Gasteiger partial charge in [-0.2, -0.15) is 0 Å². The van der Waals surface area contributed by atoms with Gasteiger partial charge in [-0.25, -0.2) is 0 Å². The molecular weight excluding hydrogens is 248 g/mol. The highest BCUT2D eigenvalue weighted by molar-refractivity contribution is 4.94. The minimum atomic E-state index is 0.369. The van der Waals surface area contributed by atoms with Crippen molar-refractivity contribution in [2.45, 2.75) is 65.5 Å². The second-order valence-corrected chi connectivity index (χ2v) is 7.50. The minimum Gasteiger partial charge on any atom is -0.378 e. The SMILES string of the molecule is CCOC1CCN(CC2CCC(N)C(C)C2(C)C)CC1. The topological polar surface area (TPSA) is 38.5 Å². The number of rotatable bonds is 4. The summed E-state index contributed by atoms with van der Waals surface area (Å²) in [7, 11) is 0. The summed E-state index contributed by atoms with van der Waals surface area (Å²) >= 11 is 0. The van der Waals surface area contributed by atoms with Crippen LogP contribution in [-0.4, -0.2) is 43.3 Å². The molecule has 1 aliphatic carbocycles. The Hall–Kier alpha value is -0.120. The van der Waals surface area contributed by atoms with E-state index in [0.717, 1.165) is 12.5 Å². The fourth-order valence-corrected chi connectivity index (χ4v) is 4.07. The van der Waals surface area contributed by atoms with Crippen LogP contribution < -0.4 is 5.73 Å².